The van der Waals surface area contributed by atoms with E-state index in [1.807, 2.05) is 18.2 Å². The maximum Gasteiger partial charge on any atom is 0.254 e. The molecule has 0 N–H and O–H groups in total. The highest BCUT2D eigenvalue weighted by molar-refractivity contribution is 9.10. The Balaban J connectivity index is 2.20. The van der Waals surface area contributed by atoms with E-state index in [2.05, 4.69) is 22.5 Å². The van der Waals surface area contributed by atoms with Crippen molar-refractivity contribution >= 4 is 21.8 Å². The third-order valence-electron chi connectivity index (χ3n) is 3.76. The van der Waals surface area contributed by atoms with Crippen LogP contribution in [-0.2, 0) is 6.54 Å². The van der Waals surface area contributed by atoms with Crippen LogP contribution in [0.4, 0.5) is 0 Å². The van der Waals surface area contributed by atoms with Crippen LogP contribution >= 0.6 is 15.9 Å². The summed E-state index contributed by atoms with van der Waals surface area (Å²) >= 11 is 3.45. The van der Waals surface area contributed by atoms with E-state index in [-0.39, 0.29) is 5.91 Å². The number of carbonyl (C=O) groups excluding carboxylic acids is 1. The number of carbonyl (C=O) groups is 1. The minimum Gasteiger partial charge on any atom is -0.496 e. The maximum atomic E-state index is 12.8. The molecule has 1 amide bonds. The van der Waals surface area contributed by atoms with Crippen LogP contribution in [0.5, 0.6) is 17.2 Å². The van der Waals surface area contributed by atoms with Crippen LogP contribution in [0.25, 0.3) is 0 Å². The average molecular weight is 420 g/mol. The van der Waals surface area contributed by atoms with Gasteiger partial charge in [-0.3, -0.25) is 4.79 Å². The van der Waals surface area contributed by atoms with Crippen LogP contribution in [0.1, 0.15) is 15.9 Å². The van der Waals surface area contributed by atoms with Crippen LogP contribution in [0.3, 0.4) is 0 Å². The first-order valence-corrected chi connectivity index (χ1v) is 8.79. The third kappa shape index (κ3) is 4.79. The number of benzene rings is 2. The Labute approximate surface area is 162 Å². The van der Waals surface area contributed by atoms with Gasteiger partial charge in [0.2, 0.25) is 0 Å². The molecule has 0 aliphatic carbocycles. The zero-order valence-corrected chi connectivity index (χ0v) is 16.7. The molecule has 0 saturated carbocycles. The van der Waals surface area contributed by atoms with Crippen LogP contribution < -0.4 is 14.2 Å². The first-order valence-electron chi connectivity index (χ1n) is 7.99. The second-order valence-corrected chi connectivity index (χ2v) is 6.50. The lowest BCUT2D eigenvalue weighted by molar-refractivity contribution is 0.0783. The number of rotatable bonds is 8. The van der Waals surface area contributed by atoms with Crippen molar-refractivity contribution < 1.29 is 19.0 Å². The van der Waals surface area contributed by atoms with Gasteiger partial charge in [0, 0.05) is 29.2 Å². The van der Waals surface area contributed by atoms with Gasteiger partial charge in [-0.05, 0) is 36.4 Å². The monoisotopic (exact) mass is 419 g/mol. The lowest BCUT2D eigenvalue weighted by Gasteiger charge is -2.20. The molecule has 138 valence electrons. The SMILES string of the molecule is C=CCOc1ccc(C(=O)N(C)Cc2cc(Br)ccc2OC)cc1OC. The number of methoxy groups -OCH3 is 2. The molecular weight excluding hydrogens is 398 g/mol. The summed E-state index contributed by atoms with van der Waals surface area (Å²) in [6.45, 7) is 4.40. The van der Waals surface area contributed by atoms with Gasteiger partial charge in [0.1, 0.15) is 12.4 Å². The van der Waals surface area contributed by atoms with Crippen molar-refractivity contribution in [2.75, 3.05) is 27.9 Å². The highest BCUT2D eigenvalue weighted by Crippen LogP contribution is 2.29. The third-order valence-corrected chi connectivity index (χ3v) is 4.26. The van der Waals surface area contributed by atoms with E-state index in [1.54, 1.807) is 50.4 Å². The number of hydrogen-bond donors (Lipinski definition) is 0. The van der Waals surface area contributed by atoms with E-state index >= 15 is 0 Å². The van der Waals surface area contributed by atoms with Crippen molar-refractivity contribution in [1.29, 1.82) is 0 Å². The van der Waals surface area contributed by atoms with E-state index in [1.165, 1.54) is 0 Å². The largest absolute Gasteiger partial charge is 0.496 e. The predicted molar refractivity (Wildman–Crippen MR) is 105 cm³/mol. The van der Waals surface area contributed by atoms with Gasteiger partial charge in [0.25, 0.3) is 5.91 Å². The fraction of sp³-hybridized carbons (Fsp3) is 0.250. The topological polar surface area (TPSA) is 48.0 Å². The first kappa shape index (κ1) is 19.8. The quantitative estimate of drug-likeness (QED) is 0.598. The highest BCUT2D eigenvalue weighted by atomic mass is 79.9. The molecule has 0 aliphatic rings. The molecule has 2 aromatic rings. The number of amides is 1. The summed E-state index contributed by atoms with van der Waals surface area (Å²) in [7, 11) is 4.90. The minimum absolute atomic E-state index is 0.124. The standard InChI is InChI=1S/C20H22BrNO4/c1-5-10-26-18-8-6-14(12-19(18)25-4)20(23)22(2)13-15-11-16(21)7-9-17(15)24-3/h5-9,11-12H,1,10,13H2,2-4H3. The summed E-state index contributed by atoms with van der Waals surface area (Å²) in [6, 6.07) is 10.8. The zero-order valence-electron chi connectivity index (χ0n) is 15.1. The van der Waals surface area contributed by atoms with E-state index in [0.717, 1.165) is 15.8 Å². The first-order chi connectivity index (χ1) is 12.5. The molecular formula is C20H22BrNO4. The predicted octanol–water partition coefficient (Wildman–Crippen LogP) is 4.30. The van der Waals surface area contributed by atoms with Gasteiger partial charge in [0.15, 0.2) is 11.5 Å². The number of nitrogens with zero attached hydrogens (tertiary/aromatic N) is 1. The highest BCUT2D eigenvalue weighted by Gasteiger charge is 2.17. The Morgan fingerprint density at radius 3 is 2.46 bits per heavy atom. The van der Waals surface area contributed by atoms with Crippen LogP contribution in [0.2, 0.25) is 0 Å². The normalized spacial score (nSPS) is 10.2. The van der Waals surface area contributed by atoms with Crippen LogP contribution in [0, 0.1) is 0 Å². The van der Waals surface area contributed by atoms with E-state index < -0.39 is 0 Å². The van der Waals surface area contributed by atoms with Crippen molar-refractivity contribution in [2.45, 2.75) is 6.54 Å². The Kier molecular flexibility index (Phi) is 7.09. The maximum absolute atomic E-state index is 12.8. The lowest BCUT2D eigenvalue weighted by Crippen LogP contribution is -2.26. The fourth-order valence-corrected chi connectivity index (χ4v) is 2.90. The Morgan fingerprint density at radius 1 is 1.12 bits per heavy atom. The summed E-state index contributed by atoms with van der Waals surface area (Å²) in [6.07, 6.45) is 1.65. The van der Waals surface area contributed by atoms with Crippen molar-refractivity contribution in [3.05, 3.63) is 64.7 Å². The van der Waals surface area contributed by atoms with Crippen molar-refractivity contribution in [2.24, 2.45) is 0 Å². The fourth-order valence-electron chi connectivity index (χ4n) is 2.49. The lowest BCUT2D eigenvalue weighted by atomic mass is 10.1. The van der Waals surface area contributed by atoms with Gasteiger partial charge >= 0.3 is 0 Å². The summed E-state index contributed by atoms with van der Waals surface area (Å²) < 4.78 is 17.2. The number of halogens is 1. The molecule has 0 spiro atoms. The van der Waals surface area contributed by atoms with Crippen LogP contribution in [-0.4, -0.2) is 38.7 Å². The summed E-state index contributed by atoms with van der Waals surface area (Å²) in [4.78, 5) is 14.4. The molecule has 26 heavy (non-hydrogen) atoms. The van der Waals surface area contributed by atoms with Crippen LogP contribution in [0.15, 0.2) is 53.5 Å². The zero-order chi connectivity index (χ0) is 19.1. The molecule has 0 bridgehead atoms. The molecule has 0 radical (unpaired) electrons. The minimum atomic E-state index is -0.124. The smallest absolute Gasteiger partial charge is 0.254 e. The van der Waals surface area contributed by atoms with E-state index in [0.29, 0.717) is 30.2 Å². The molecule has 2 aromatic carbocycles. The average Bonchev–Trinajstić information content (AvgIpc) is 2.65. The molecule has 5 nitrogen and oxygen atoms in total. The molecule has 6 heteroatoms. The van der Waals surface area contributed by atoms with Gasteiger partial charge < -0.3 is 19.1 Å². The molecule has 0 fully saturated rings. The van der Waals surface area contributed by atoms with Gasteiger partial charge in [-0.25, -0.2) is 0 Å². The van der Waals surface area contributed by atoms with Crippen molar-refractivity contribution in [3.8, 4) is 17.2 Å². The summed E-state index contributed by atoms with van der Waals surface area (Å²) in [5.41, 5.74) is 1.43. The molecule has 0 heterocycles. The van der Waals surface area contributed by atoms with Crippen molar-refractivity contribution in [3.63, 3.8) is 0 Å². The molecule has 0 aromatic heterocycles. The number of hydrogen-bond acceptors (Lipinski definition) is 4. The number of ether oxygens (including phenoxy) is 3. The molecule has 2 rings (SSSR count). The van der Waals surface area contributed by atoms with E-state index in [4.69, 9.17) is 14.2 Å². The molecule has 0 aliphatic heterocycles. The van der Waals surface area contributed by atoms with E-state index in [9.17, 15) is 4.79 Å². The van der Waals surface area contributed by atoms with Gasteiger partial charge in [-0.1, -0.05) is 28.6 Å². The van der Waals surface area contributed by atoms with Gasteiger partial charge in [0.05, 0.1) is 14.2 Å². The van der Waals surface area contributed by atoms with Gasteiger partial charge in [-0.2, -0.15) is 0 Å². The summed E-state index contributed by atoms with van der Waals surface area (Å²) in [5.74, 6) is 1.69. The van der Waals surface area contributed by atoms with Crippen molar-refractivity contribution in [1.82, 2.24) is 4.90 Å². The Bertz CT molecular complexity index is 791. The second kappa shape index (κ2) is 9.29. The second-order valence-electron chi connectivity index (χ2n) is 5.58. The summed E-state index contributed by atoms with van der Waals surface area (Å²) in [5, 5.41) is 0. The Hall–Kier alpha value is -2.47. The Morgan fingerprint density at radius 2 is 1.81 bits per heavy atom. The molecule has 0 saturated heterocycles. The van der Waals surface area contributed by atoms with Gasteiger partial charge in [-0.15, -0.1) is 0 Å². The molecule has 0 atom stereocenters. The molecule has 0 unspecified atom stereocenters.